The van der Waals surface area contributed by atoms with Gasteiger partial charge in [0.1, 0.15) is 0 Å². The first kappa shape index (κ1) is 20.1. The average Bonchev–Trinajstić information content (AvgIpc) is 3.22. The first-order valence-electron chi connectivity index (χ1n) is 9.79. The zero-order valence-corrected chi connectivity index (χ0v) is 16.7. The van der Waals surface area contributed by atoms with Crippen molar-refractivity contribution in [3.63, 3.8) is 0 Å². The minimum absolute atomic E-state index is 0.0338. The van der Waals surface area contributed by atoms with Gasteiger partial charge in [-0.2, -0.15) is 0 Å². The predicted molar refractivity (Wildman–Crippen MR) is 107 cm³/mol. The highest BCUT2D eigenvalue weighted by atomic mass is 35.5. The fourth-order valence-electron chi connectivity index (χ4n) is 3.67. The number of carbonyl (C=O) groups excluding carboxylic acids is 2. The van der Waals surface area contributed by atoms with E-state index in [-0.39, 0.29) is 17.9 Å². The summed E-state index contributed by atoms with van der Waals surface area (Å²) in [5, 5.41) is 3.69. The Balaban J connectivity index is 1.39. The second-order valence-corrected chi connectivity index (χ2v) is 7.86. The van der Waals surface area contributed by atoms with E-state index in [2.05, 4.69) is 15.1 Å². The van der Waals surface area contributed by atoms with Gasteiger partial charge in [-0.3, -0.25) is 19.4 Å². The van der Waals surface area contributed by atoms with Crippen LogP contribution >= 0.6 is 11.6 Å². The number of likely N-dealkylation sites (tertiary alicyclic amines) is 1. The van der Waals surface area contributed by atoms with Crippen LogP contribution in [-0.4, -0.2) is 78.4 Å². The van der Waals surface area contributed by atoms with Crippen LogP contribution < -0.4 is 5.32 Å². The highest BCUT2D eigenvalue weighted by molar-refractivity contribution is 6.30. The van der Waals surface area contributed by atoms with Gasteiger partial charge in [0.2, 0.25) is 11.8 Å². The number of halogens is 1. The minimum atomic E-state index is -0.172. The molecular weight excluding hydrogens is 364 g/mol. The Morgan fingerprint density at radius 1 is 1.04 bits per heavy atom. The van der Waals surface area contributed by atoms with Crippen LogP contribution in [0.1, 0.15) is 25.3 Å². The Labute approximate surface area is 166 Å². The SMILES string of the molecule is CC(C(=O)NCc1ccc(Cl)cc1)N1CCN(CC(=O)N2CCCC2)CC1. The molecule has 7 heteroatoms. The number of hydrogen-bond acceptors (Lipinski definition) is 4. The number of rotatable bonds is 6. The topological polar surface area (TPSA) is 55.9 Å². The fraction of sp³-hybridized carbons (Fsp3) is 0.600. The second kappa shape index (κ2) is 9.53. The number of amides is 2. The summed E-state index contributed by atoms with van der Waals surface area (Å²) >= 11 is 5.88. The van der Waals surface area contributed by atoms with E-state index in [1.165, 1.54) is 0 Å². The van der Waals surface area contributed by atoms with Crippen LogP contribution in [0.3, 0.4) is 0 Å². The summed E-state index contributed by atoms with van der Waals surface area (Å²) in [5.41, 5.74) is 1.03. The zero-order valence-electron chi connectivity index (χ0n) is 16.0. The summed E-state index contributed by atoms with van der Waals surface area (Å²) in [6.45, 7) is 8.04. The lowest BCUT2D eigenvalue weighted by Crippen LogP contribution is -2.55. The largest absolute Gasteiger partial charge is 0.351 e. The molecule has 0 aromatic heterocycles. The number of carbonyl (C=O) groups is 2. The van der Waals surface area contributed by atoms with Gasteiger partial charge in [-0.15, -0.1) is 0 Å². The first-order valence-corrected chi connectivity index (χ1v) is 10.2. The van der Waals surface area contributed by atoms with Crippen LogP contribution in [0.5, 0.6) is 0 Å². The van der Waals surface area contributed by atoms with Gasteiger partial charge in [0.15, 0.2) is 0 Å². The lowest BCUT2D eigenvalue weighted by molar-refractivity contribution is -0.133. The number of benzene rings is 1. The molecule has 2 aliphatic heterocycles. The molecule has 1 aromatic carbocycles. The Bertz CT molecular complexity index is 638. The summed E-state index contributed by atoms with van der Waals surface area (Å²) in [5.74, 6) is 0.279. The molecule has 1 aromatic rings. The molecule has 2 fully saturated rings. The lowest BCUT2D eigenvalue weighted by Gasteiger charge is -2.37. The Morgan fingerprint density at radius 2 is 1.67 bits per heavy atom. The number of hydrogen-bond donors (Lipinski definition) is 1. The van der Waals surface area contributed by atoms with Gasteiger partial charge in [0, 0.05) is 50.8 Å². The Hall–Kier alpha value is -1.63. The van der Waals surface area contributed by atoms with Crippen LogP contribution in [0.4, 0.5) is 0 Å². The molecular formula is C20H29ClN4O2. The summed E-state index contributed by atoms with van der Waals surface area (Å²) < 4.78 is 0. The van der Waals surface area contributed by atoms with Crippen molar-refractivity contribution in [1.82, 2.24) is 20.0 Å². The number of nitrogens with one attached hydrogen (secondary N) is 1. The van der Waals surface area contributed by atoms with Crippen LogP contribution in [0.15, 0.2) is 24.3 Å². The van der Waals surface area contributed by atoms with Gasteiger partial charge in [-0.05, 0) is 37.5 Å². The van der Waals surface area contributed by atoms with Crippen molar-refractivity contribution in [2.24, 2.45) is 0 Å². The normalized spacial score (nSPS) is 19.9. The zero-order chi connectivity index (χ0) is 19.2. The maximum absolute atomic E-state index is 12.5. The third kappa shape index (κ3) is 5.67. The van der Waals surface area contributed by atoms with Crippen molar-refractivity contribution >= 4 is 23.4 Å². The molecule has 0 spiro atoms. The highest BCUT2D eigenvalue weighted by Crippen LogP contribution is 2.12. The monoisotopic (exact) mass is 392 g/mol. The third-order valence-electron chi connectivity index (χ3n) is 5.53. The van der Waals surface area contributed by atoms with E-state index in [0.29, 0.717) is 18.1 Å². The van der Waals surface area contributed by atoms with E-state index >= 15 is 0 Å². The molecule has 0 aliphatic carbocycles. The number of nitrogens with zero attached hydrogens (tertiary/aromatic N) is 3. The summed E-state index contributed by atoms with van der Waals surface area (Å²) in [7, 11) is 0. The fourth-order valence-corrected chi connectivity index (χ4v) is 3.80. The molecule has 1 N–H and O–H groups in total. The number of piperazine rings is 1. The Kier molecular flexibility index (Phi) is 7.10. The molecule has 1 unspecified atom stereocenters. The van der Waals surface area contributed by atoms with Crippen LogP contribution in [0.25, 0.3) is 0 Å². The molecule has 3 rings (SSSR count). The van der Waals surface area contributed by atoms with E-state index in [0.717, 1.165) is 57.7 Å². The molecule has 2 aliphatic rings. The Morgan fingerprint density at radius 3 is 2.30 bits per heavy atom. The van der Waals surface area contributed by atoms with E-state index in [1.54, 1.807) is 0 Å². The molecule has 2 amide bonds. The standard InChI is InChI=1S/C20H29ClN4O2/c1-16(20(27)22-14-17-4-6-18(21)7-5-17)24-12-10-23(11-13-24)15-19(26)25-8-2-3-9-25/h4-7,16H,2-3,8-15H2,1H3,(H,22,27). The van der Waals surface area contributed by atoms with Gasteiger partial charge in [-0.1, -0.05) is 23.7 Å². The van der Waals surface area contributed by atoms with E-state index in [1.807, 2.05) is 36.1 Å². The molecule has 0 bridgehead atoms. The third-order valence-corrected chi connectivity index (χ3v) is 5.78. The minimum Gasteiger partial charge on any atom is -0.351 e. The smallest absolute Gasteiger partial charge is 0.237 e. The molecule has 27 heavy (non-hydrogen) atoms. The van der Waals surface area contributed by atoms with Crippen molar-refractivity contribution in [1.29, 1.82) is 0 Å². The van der Waals surface area contributed by atoms with Crippen molar-refractivity contribution in [2.45, 2.75) is 32.4 Å². The van der Waals surface area contributed by atoms with Gasteiger partial charge >= 0.3 is 0 Å². The maximum Gasteiger partial charge on any atom is 0.237 e. The predicted octanol–water partition coefficient (Wildman–Crippen LogP) is 1.58. The van der Waals surface area contributed by atoms with Crippen molar-refractivity contribution < 1.29 is 9.59 Å². The molecule has 0 radical (unpaired) electrons. The van der Waals surface area contributed by atoms with Crippen molar-refractivity contribution in [3.05, 3.63) is 34.9 Å². The quantitative estimate of drug-likeness (QED) is 0.798. The molecule has 2 saturated heterocycles. The van der Waals surface area contributed by atoms with Crippen LogP contribution in [-0.2, 0) is 16.1 Å². The molecule has 2 heterocycles. The summed E-state index contributed by atoms with van der Waals surface area (Å²) in [6, 6.07) is 7.32. The summed E-state index contributed by atoms with van der Waals surface area (Å²) in [6.07, 6.45) is 2.25. The summed E-state index contributed by atoms with van der Waals surface area (Å²) in [4.78, 5) is 31.1. The van der Waals surface area contributed by atoms with Crippen molar-refractivity contribution in [3.8, 4) is 0 Å². The van der Waals surface area contributed by atoms with Crippen LogP contribution in [0, 0.1) is 0 Å². The van der Waals surface area contributed by atoms with Gasteiger partial charge in [-0.25, -0.2) is 0 Å². The van der Waals surface area contributed by atoms with E-state index < -0.39 is 0 Å². The molecule has 0 saturated carbocycles. The van der Waals surface area contributed by atoms with E-state index in [9.17, 15) is 9.59 Å². The van der Waals surface area contributed by atoms with Gasteiger partial charge in [0.25, 0.3) is 0 Å². The second-order valence-electron chi connectivity index (χ2n) is 7.42. The van der Waals surface area contributed by atoms with E-state index in [4.69, 9.17) is 11.6 Å². The molecule has 148 valence electrons. The molecule has 1 atom stereocenters. The molecule has 6 nitrogen and oxygen atoms in total. The first-order chi connectivity index (χ1) is 13.0. The van der Waals surface area contributed by atoms with Crippen molar-refractivity contribution in [2.75, 3.05) is 45.8 Å². The van der Waals surface area contributed by atoms with Gasteiger partial charge < -0.3 is 10.2 Å². The maximum atomic E-state index is 12.5. The van der Waals surface area contributed by atoms with Gasteiger partial charge in [0.05, 0.1) is 12.6 Å². The highest BCUT2D eigenvalue weighted by Gasteiger charge is 2.27. The lowest BCUT2D eigenvalue weighted by atomic mass is 10.2. The average molecular weight is 393 g/mol. The van der Waals surface area contributed by atoms with Crippen LogP contribution in [0.2, 0.25) is 5.02 Å².